The smallest absolute Gasteiger partial charge is 0.322 e. The second-order valence-electron chi connectivity index (χ2n) is 7.65. The summed E-state index contributed by atoms with van der Waals surface area (Å²) in [6, 6.07) is 5.21. The number of hydrogen-bond donors (Lipinski definition) is 2. The Kier molecular flexibility index (Phi) is 5.13. The molecule has 3 amide bonds. The molecular weight excluding hydrogens is 389 g/mol. The number of urea groups is 1. The van der Waals surface area contributed by atoms with Crippen LogP contribution < -0.4 is 11.1 Å². The summed E-state index contributed by atoms with van der Waals surface area (Å²) in [6.07, 6.45) is 0.528. The van der Waals surface area contributed by atoms with Gasteiger partial charge in [0, 0.05) is 50.3 Å². The van der Waals surface area contributed by atoms with Gasteiger partial charge >= 0.3 is 6.03 Å². The molecular formula is C20H22FN7O2. The van der Waals surface area contributed by atoms with Crippen LogP contribution in [-0.2, 0) is 19.5 Å². The first-order valence-corrected chi connectivity index (χ1v) is 9.71. The van der Waals surface area contributed by atoms with Gasteiger partial charge in [-0.2, -0.15) is 10.4 Å². The maximum Gasteiger partial charge on any atom is 0.322 e. The van der Waals surface area contributed by atoms with Gasteiger partial charge in [0.2, 0.25) is 0 Å². The normalized spacial score (nSPS) is 18.3. The highest BCUT2D eigenvalue weighted by Crippen LogP contribution is 2.27. The number of carbonyl (C=O) groups is 2. The number of aromatic nitrogens is 2. The third-order valence-corrected chi connectivity index (χ3v) is 5.57. The van der Waals surface area contributed by atoms with Crippen LogP contribution in [0.15, 0.2) is 18.2 Å². The summed E-state index contributed by atoms with van der Waals surface area (Å²) in [6.45, 7) is 2.26. The number of halogens is 1. The van der Waals surface area contributed by atoms with Gasteiger partial charge in [-0.05, 0) is 24.7 Å². The highest BCUT2D eigenvalue weighted by Gasteiger charge is 2.34. The van der Waals surface area contributed by atoms with E-state index in [1.165, 1.54) is 12.1 Å². The molecule has 0 aliphatic carbocycles. The molecule has 1 aromatic carbocycles. The van der Waals surface area contributed by atoms with Gasteiger partial charge in [0.15, 0.2) is 0 Å². The molecule has 2 aliphatic heterocycles. The molecule has 0 saturated carbocycles. The summed E-state index contributed by atoms with van der Waals surface area (Å²) in [4.78, 5) is 28.9. The second kappa shape index (κ2) is 7.76. The van der Waals surface area contributed by atoms with Gasteiger partial charge in [-0.1, -0.05) is 0 Å². The summed E-state index contributed by atoms with van der Waals surface area (Å²) in [5.74, 6) is -0.646. The molecule has 2 aliphatic rings. The van der Waals surface area contributed by atoms with Crippen molar-refractivity contribution in [3.05, 3.63) is 46.5 Å². The minimum absolute atomic E-state index is 0.119. The number of nitrogens with one attached hydrogen (secondary N) is 1. The van der Waals surface area contributed by atoms with E-state index in [-0.39, 0.29) is 30.0 Å². The summed E-state index contributed by atoms with van der Waals surface area (Å²) >= 11 is 0. The van der Waals surface area contributed by atoms with E-state index < -0.39 is 5.82 Å². The predicted molar refractivity (Wildman–Crippen MR) is 106 cm³/mol. The summed E-state index contributed by atoms with van der Waals surface area (Å²) in [5.41, 5.74) is 8.12. The summed E-state index contributed by atoms with van der Waals surface area (Å²) in [5, 5.41) is 16.3. The van der Waals surface area contributed by atoms with E-state index in [4.69, 9.17) is 11.0 Å². The lowest BCUT2D eigenvalue weighted by molar-refractivity contribution is 0.0780. The maximum absolute atomic E-state index is 13.5. The van der Waals surface area contributed by atoms with Crippen molar-refractivity contribution in [2.75, 3.05) is 32.0 Å². The lowest BCUT2D eigenvalue weighted by Crippen LogP contribution is -2.39. The van der Waals surface area contributed by atoms with Crippen LogP contribution in [-0.4, -0.2) is 58.2 Å². The number of amides is 3. The average molecular weight is 411 g/mol. The topological polar surface area (TPSA) is 120 Å². The molecule has 3 heterocycles. The molecule has 1 atom stereocenters. The quantitative estimate of drug-likeness (QED) is 0.768. The lowest BCUT2D eigenvalue weighted by atomic mass is 10.0. The fourth-order valence-corrected chi connectivity index (χ4v) is 3.96. The lowest BCUT2D eigenvalue weighted by Gasteiger charge is -2.27. The molecule has 2 aromatic rings. The van der Waals surface area contributed by atoms with E-state index in [0.29, 0.717) is 44.0 Å². The van der Waals surface area contributed by atoms with Gasteiger partial charge in [-0.15, -0.1) is 0 Å². The number of fused-ring (bicyclic) bond motifs is 3. The Balaban J connectivity index is 1.57. The van der Waals surface area contributed by atoms with E-state index in [9.17, 15) is 14.0 Å². The molecule has 9 nitrogen and oxygen atoms in total. The summed E-state index contributed by atoms with van der Waals surface area (Å²) in [7, 11) is 1.74. The van der Waals surface area contributed by atoms with E-state index in [1.807, 2.05) is 0 Å². The van der Waals surface area contributed by atoms with Gasteiger partial charge in [-0.25, -0.2) is 9.18 Å². The van der Waals surface area contributed by atoms with Crippen LogP contribution in [0.2, 0.25) is 0 Å². The number of nitriles is 1. The fraction of sp³-hybridized carbons (Fsp3) is 0.400. The first kappa shape index (κ1) is 19.8. The molecule has 0 bridgehead atoms. The van der Waals surface area contributed by atoms with Crippen LogP contribution in [0.1, 0.15) is 27.3 Å². The largest absolute Gasteiger partial charge is 0.340 e. The van der Waals surface area contributed by atoms with Crippen molar-refractivity contribution in [2.45, 2.75) is 19.5 Å². The Hall–Kier alpha value is -3.45. The minimum atomic E-state index is -0.640. The molecule has 4 rings (SSSR count). The molecule has 0 spiro atoms. The number of carbonyl (C=O) groups excluding carboxylic acids is 2. The van der Waals surface area contributed by atoms with Crippen LogP contribution >= 0.6 is 0 Å². The minimum Gasteiger partial charge on any atom is -0.340 e. The molecule has 0 fully saturated rings. The van der Waals surface area contributed by atoms with Crippen molar-refractivity contribution in [3.8, 4) is 6.07 Å². The highest BCUT2D eigenvalue weighted by molar-refractivity contribution is 5.95. The highest BCUT2D eigenvalue weighted by atomic mass is 19.1. The molecule has 156 valence electrons. The second-order valence-corrected chi connectivity index (χ2v) is 7.65. The molecule has 1 aromatic heterocycles. The van der Waals surface area contributed by atoms with E-state index >= 15 is 0 Å². The SMILES string of the molecule is CN1CC(CN)Cn2nc3c(c2C1=O)CN(C(=O)Nc1ccc(F)c(C#N)c1)CC3. The Morgan fingerprint density at radius 2 is 2.23 bits per heavy atom. The molecule has 3 N–H and O–H groups in total. The Labute approximate surface area is 172 Å². The zero-order chi connectivity index (χ0) is 21.4. The first-order valence-electron chi connectivity index (χ1n) is 9.71. The molecule has 30 heavy (non-hydrogen) atoms. The van der Waals surface area contributed by atoms with Crippen LogP contribution in [0.5, 0.6) is 0 Å². The zero-order valence-corrected chi connectivity index (χ0v) is 16.6. The zero-order valence-electron chi connectivity index (χ0n) is 16.6. The predicted octanol–water partition coefficient (Wildman–Crippen LogP) is 1.14. The number of hydrogen-bond acceptors (Lipinski definition) is 5. The Morgan fingerprint density at radius 1 is 1.43 bits per heavy atom. The van der Waals surface area contributed by atoms with E-state index in [1.54, 1.807) is 27.6 Å². The fourth-order valence-electron chi connectivity index (χ4n) is 3.96. The maximum atomic E-state index is 13.5. The molecule has 0 radical (unpaired) electrons. The third kappa shape index (κ3) is 3.48. The van der Waals surface area contributed by atoms with Crippen LogP contribution in [0.4, 0.5) is 14.9 Å². The van der Waals surface area contributed by atoms with Crippen molar-refractivity contribution in [2.24, 2.45) is 11.7 Å². The first-order chi connectivity index (χ1) is 14.4. The monoisotopic (exact) mass is 411 g/mol. The molecule has 1 unspecified atom stereocenters. The summed E-state index contributed by atoms with van der Waals surface area (Å²) < 4.78 is 15.2. The number of benzene rings is 1. The van der Waals surface area contributed by atoms with Gasteiger partial charge in [0.05, 0.1) is 17.8 Å². The average Bonchev–Trinajstić information content (AvgIpc) is 3.04. The number of anilines is 1. The van der Waals surface area contributed by atoms with Gasteiger partial charge in [0.1, 0.15) is 17.6 Å². The van der Waals surface area contributed by atoms with Gasteiger partial charge in [-0.3, -0.25) is 9.48 Å². The van der Waals surface area contributed by atoms with Crippen LogP contribution in [0, 0.1) is 23.1 Å². The number of nitrogens with zero attached hydrogens (tertiary/aromatic N) is 5. The van der Waals surface area contributed by atoms with E-state index in [2.05, 4.69) is 10.4 Å². The third-order valence-electron chi connectivity index (χ3n) is 5.57. The number of nitrogens with two attached hydrogens (primary N) is 1. The molecule has 0 saturated heterocycles. The van der Waals surface area contributed by atoms with E-state index in [0.717, 1.165) is 17.3 Å². The van der Waals surface area contributed by atoms with Crippen molar-refractivity contribution in [1.82, 2.24) is 19.6 Å². The van der Waals surface area contributed by atoms with Crippen LogP contribution in [0.3, 0.4) is 0 Å². The van der Waals surface area contributed by atoms with Crippen molar-refractivity contribution in [1.29, 1.82) is 5.26 Å². The Bertz CT molecular complexity index is 1060. The van der Waals surface area contributed by atoms with Crippen molar-refractivity contribution < 1.29 is 14.0 Å². The van der Waals surface area contributed by atoms with Gasteiger partial charge in [0.25, 0.3) is 5.91 Å². The number of rotatable bonds is 2. The van der Waals surface area contributed by atoms with Crippen molar-refractivity contribution >= 4 is 17.6 Å². The standard InChI is InChI=1S/C20H22FN7O2/c1-26-9-12(7-22)10-28-18(19(26)29)15-11-27(5-4-17(15)25-28)20(30)24-14-2-3-16(21)13(6-14)8-23/h2-3,6,12H,4-5,7,9-11,22H2,1H3,(H,24,30). The van der Waals surface area contributed by atoms with Gasteiger partial charge < -0.3 is 20.9 Å². The van der Waals surface area contributed by atoms with Crippen LogP contribution in [0.25, 0.3) is 0 Å². The Morgan fingerprint density at radius 3 is 2.97 bits per heavy atom. The molecule has 10 heteroatoms. The van der Waals surface area contributed by atoms with Crippen molar-refractivity contribution in [3.63, 3.8) is 0 Å².